The Morgan fingerprint density at radius 1 is 1.41 bits per heavy atom. The number of carbonyl (C=O) groups excluding carboxylic acids is 1. The fourth-order valence-corrected chi connectivity index (χ4v) is 2.78. The number of pyridine rings is 1. The van der Waals surface area contributed by atoms with Crippen molar-refractivity contribution in [1.82, 2.24) is 4.98 Å². The smallest absolute Gasteiger partial charge is 0.141 e. The lowest BCUT2D eigenvalue weighted by Crippen LogP contribution is -2.24. The third-order valence-corrected chi connectivity index (χ3v) is 3.90. The summed E-state index contributed by atoms with van der Waals surface area (Å²) in [6.07, 6.45) is 8.21. The number of ketones is 1. The molecule has 1 aliphatic carbocycles. The Hall–Kier alpha value is -1.18. The van der Waals surface area contributed by atoms with E-state index in [0.717, 1.165) is 24.5 Å². The summed E-state index contributed by atoms with van der Waals surface area (Å²) >= 11 is 0. The van der Waals surface area contributed by atoms with Crippen LogP contribution in [0.15, 0.2) is 24.4 Å². The highest BCUT2D eigenvalue weighted by Crippen LogP contribution is 2.31. The highest BCUT2D eigenvalue weighted by atomic mass is 16.1. The minimum absolute atomic E-state index is 0.288. The molecule has 0 bridgehead atoms. The Bertz CT molecular complexity index is 360. The van der Waals surface area contributed by atoms with E-state index in [9.17, 15) is 4.79 Å². The number of carbonyl (C=O) groups is 1. The predicted octanol–water partition coefficient (Wildman–Crippen LogP) is 3.41. The van der Waals surface area contributed by atoms with Crippen LogP contribution < -0.4 is 0 Å². The van der Waals surface area contributed by atoms with Crippen molar-refractivity contribution in [2.45, 2.75) is 45.4 Å². The van der Waals surface area contributed by atoms with Gasteiger partial charge < -0.3 is 0 Å². The molecule has 0 N–H and O–H groups in total. The summed E-state index contributed by atoms with van der Waals surface area (Å²) in [7, 11) is 0. The van der Waals surface area contributed by atoms with Gasteiger partial charge in [-0.15, -0.1) is 0 Å². The fraction of sp³-hybridized carbons (Fsp3) is 0.600. The summed E-state index contributed by atoms with van der Waals surface area (Å²) in [4.78, 5) is 16.4. The lowest BCUT2D eigenvalue weighted by atomic mass is 9.77. The number of aromatic nitrogens is 1. The molecule has 92 valence electrons. The normalized spacial score (nSPS) is 24.5. The van der Waals surface area contributed by atoms with Crippen LogP contribution in [0.1, 0.15) is 44.7 Å². The first-order valence-corrected chi connectivity index (χ1v) is 6.72. The molecule has 0 aliphatic heterocycles. The molecule has 0 spiro atoms. The van der Waals surface area contributed by atoms with Crippen molar-refractivity contribution >= 4 is 5.78 Å². The predicted molar refractivity (Wildman–Crippen MR) is 68.7 cm³/mol. The Kier molecular flexibility index (Phi) is 4.29. The zero-order valence-corrected chi connectivity index (χ0v) is 10.6. The highest BCUT2D eigenvalue weighted by molar-refractivity contribution is 5.82. The molecule has 2 heteroatoms. The van der Waals surface area contributed by atoms with Crippen molar-refractivity contribution in [3.05, 3.63) is 30.1 Å². The first-order chi connectivity index (χ1) is 8.29. The number of hydrogen-bond acceptors (Lipinski definition) is 2. The SMILES string of the molecule is CCC1CCCC(C(=O)Cc2ccccn2)C1. The third-order valence-electron chi connectivity index (χ3n) is 3.90. The Labute approximate surface area is 103 Å². The summed E-state index contributed by atoms with van der Waals surface area (Å²) in [6, 6.07) is 5.78. The molecule has 2 rings (SSSR count). The van der Waals surface area contributed by atoms with E-state index in [1.807, 2.05) is 18.2 Å². The second-order valence-electron chi connectivity index (χ2n) is 5.10. The molecule has 1 aromatic rings. The van der Waals surface area contributed by atoms with Gasteiger partial charge in [-0.1, -0.05) is 32.3 Å². The van der Waals surface area contributed by atoms with E-state index in [-0.39, 0.29) is 5.92 Å². The minimum atomic E-state index is 0.288. The molecule has 1 aromatic heterocycles. The van der Waals surface area contributed by atoms with Crippen molar-refractivity contribution in [3.63, 3.8) is 0 Å². The molecule has 2 atom stereocenters. The number of nitrogens with zero attached hydrogens (tertiary/aromatic N) is 1. The van der Waals surface area contributed by atoms with E-state index >= 15 is 0 Å². The molecule has 0 aromatic carbocycles. The highest BCUT2D eigenvalue weighted by Gasteiger charge is 2.26. The van der Waals surface area contributed by atoms with Gasteiger partial charge in [0.25, 0.3) is 0 Å². The first-order valence-electron chi connectivity index (χ1n) is 6.72. The third kappa shape index (κ3) is 3.39. The van der Waals surface area contributed by atoms with Gasteiger partial charge in [0.2, 0.25) is 0 Å². The van der Waals surface area contributed by atoms with E-state index < -0.39 is 0 Å². The van der Waals surface area contributed by atoms with Gasteiger partial charge in [0.15, 0.2) is 0 Å². The van der Waals surface area contributed by atoms with Crippen molar-refractivity contribution < 1.29 is 4.79 Å². The van der Waals surface area contributed by atoms with Gasteiger partial charge in [-0.3, -0.25) is 9.78 Å². The van der Waals surface area contributed by atoms with Gasteiger partial charge in [0, 0.05) is 24.2 Å². The minimum Gasteiger partial charge on any atom is -0.299 e. The zero-order chi connectivity index (χ0) is 12.1. The maximum Gasteiger partial charge on any atom is 0.141 e. The lowest BCUT2D eigenvalue weighted by molar-refractivity contribution is -0.123. The average Bonchev–Trinajstić information content (AvgIpc) is 2.40. The van der Waals surface area contributed by atoms with Crippen LogP contribution in [-0.2, 0) is 11.2 Å². The second kappa shape index (κ2) is 5.95. The molecule has 1 aliphatic rings. The molecule has 1 saturated carbocycles. The van der Waals surface area contributed by atoms with Crippen LogP contribution in [0.4, 0.5) is 0 Å². The molecule has 2 nitrogen and oxygen atoms in total. The number of Topliss-reactive ketones (excluding diaryl/α,β-unsaturated/α-hetero) is 1. The van der Waals surface area contributed by atoms with E-state index in [2.05, 4.69) is 11.9 Å². The van der Waals surface area contributed by atoms with Crippen LogP contribution in [0.2, 0.25) is 0 Å². The molecular formula is C15H21NO. The van der Waals surface area contributed by atoms with Crippen LogP contribution in [0.5, 0.6) is 0 Å². The molecular weight excluding hydrogens is 210 g/mol. The van der Waals surface area contributed by atoms with E-state index in [1.54, 1.807) is 6.20 Å². The van der Waals surface area contributed by atoms with E-state index in [0.29, 0.717) is 12.2 Å². The molecule has 1 heterocycles. The fourth-order valence-electron chi connectivity index (χ4n) is 2.78. The van der Waals surface area contributed by atoms with Crippen molar-refractivity contribution in [2.24, 2.45) is 11.8 Å². The van der Waals surface area contributed by atoms with E-state index in [4.69, 9.17) is 0 Å². The summed E-state index contributed by atoms with van der Waals surface area (Å²) in [5, 5.41) is 0. The molecule has 0 saturated heterocycles. The van der Waals surface area contributed by atoms with Gasteiger partial charge in [0.05, 0.1) is 0 Å². The zero-order valence-electron chi connectivity index (χ0n) is 10.6. The van der Waals surface area contributed by atoms with E-state index in [1.165, 1.54) is 19.3 Å². The molecule has 1 fully saturated rings. The Morgan fingerprint density at radius 2 is 2.29 bits per heavy atom. The maximum atomic E-state index is 12.2. The van der Waals surface area contributed by atoms with Crippen LogP contribution in [0.25, 0.3) is 0 Å². The summed E-state index contributed by atoms with van der Waals surface area (Å²) < 4.78 is 0. The summed E-state index contributed by atoms with van der Waals surface area (Å²) in [6.45, 7) is 2.23. The quantitative estimate of drug-likeness (QED) is 0.794. The van der Waals surface area contributed by atoms with Crippen LogP contribution in [0, 0.1) is 11.8 Å². The van der Waals surface area contributed by atoms with Crippen LogP contribution in [-0.4, -0.2) is 10.8 Å². The van der Waals surface area contributed by atoms with Crippen molar-refractivity contribution in [1.29, 1.82) is 0 Å². The number of rotatable bonds is 4. The van der Waals surface area contributed by atoms with Gasteiger partial charge in [-0.25, -0.2) is 0 Å². The van der Waals surface area contributed by atoms with Gasteiger partial charge >= 0.3 is 0 Å². The van der Waals surface area contributed by atoms with Crippen LogP contribution in [0.3, 0.4) is 0 Å². The summed E-state index contributed by atoms with van der Waals surface area (Å²) in [5.41, 5.74) is 0.913. The Morgan fingerprint density at radius 3 is 3.00 bits per heavy atom. The standard InChI is InChI=1S/C15H21NO/c1-2-12-6-5-7-13(10-12)15(17)11-14-8-3-4-9-16-14/h3-4,8-9,12-13H,2,5-7,10-11H2,1H3. The van der Waals surface area contributed by atoms with Gasteiger partial charge in [-0.05, 0) is 30.9 Å². The topological polar surface area (TPSA) is 30.0 Å². The summed E-state index contributed by atoms with van der Waals surface area (Å²) in [5.74, 6) is 1.44. The van der Waals surface area contributed by atoms with Crippen LogP contribution >= 0.6 is 0 Å². The molecule has 0 amide bonds. The largest absolute Gasteiger partial charge is 0.299 e. The Balaban J connectivity index is 1.91. The molecule has 0 radical (unpaired) electrons. The average molecular weight is 231 g/mol. The lowest BCUT2D eigenvalue weighted by Gasteiger charge is -2.27. The first kappa shape index (κ1) is 12.3. The second-order valence-corrected chi connectivity index (χ2v) is 5.10. The van der Waals surface area contributed by atoms with Gasteiger partial charge in [-0.2, -0.15) is 0 Å². The van der Waals surface area contributed by atoms with Crippen molar-refractivity contribution in [2.75, 3.05) is 0 Å². The van der Waals surface area contributed by atoms with Crippen molar-refractivity contribution in [3.8, 4) is 0 Å². The maximum absolute atomic E-state index is 12.2. The molecule has 2 unspecified atom stereocenters. The molecule has 17 heavy (non-hydrogen) atoms. The van der Waals surface area contributed by atoms with Gasteiger partial charge in [0.1, 0.15) is 5.78 Å². The number of hydrogen-bond donors (Lipinski definition) is 0. The monoisotopic (exact) mass is 231 g/mol.